The first kappa shape index (κ1) is 12.4. The van der Waals surface area contributed by atoms with Crippen LogP contribution >= 0.6 is 0 Å². The maximum atomic E-state index is 13.6. The van der Waals surface area contributed by atoms with Crippen molar-refractivity contribution in [3.05, 3.63) is 34.9 Å². The van der Waals surface area contributed by atoms with Crippen molar-refractivity contribution in [3.63, 3.8) is 0 Å². The quantitative estimate of drug-likeness (QED) is 0.828. The monoisotopic (exact) mass is 244 g/mol. The van der Waals surface area contributed by atoms with Crippen LogP contribution in [-0.2, 0) is 4.74 Å². The number of aryl methyl sites for hydroxylation is 1. The molecule has 3 nitrogen and oxygen atoms in total. The molecule has 0 radical (unpaired) electrons. The van der Waals surface area contributed by atoms with Crippen molar-refractivity contribution in [1.82, 2.24) is 0 Å². The van der Waals surface area contributed by atoms with Crippen molar-refractivity contribution in [2.45, 2.75) is 31.7 Å². The molecular weight excluding hydrogens is 230 g/mol. The Kier molecular flexibility index (Phi) is 3.42. The molecule has 1 aliphatic heterocycles. The number of halogens is 2. The van der Waals surface area contributed by atoms with Gasteiger partial charge in [0.25, 0.3) is 0 Å². The average molecular weight is 244 g/mol. The van der Waals surface area contributed by atoms with E-state index in [0.29, 0.717) is 5.56 Å². The first-order valence-corrected chi connectivity index (χ1v) is 5.43. The molecule has 0 saturated carbocycles. The van der Waals surface area contributed by atoms with E-state index in [1.807, 2.05) is 0 Å². The Labute approximate surface area is 97.6 Å². The summed E-state index contributed by atoms with van der Waals surface area (Å²) in [4.78, 5) is 0. The number of ether oxygens (including phenoxy) is 1. The lowest BCUT2D eigenvalue weighted by Gasteiger charge is -2.14. The predicted octanol–water partition coefficient (Wildman–Crippen LogP) is 1.46. The first-order chi connectivity index (χ1) is 8.02. The van der Waals surface area contributed by atoms with E-state index in [9.17, 15) is 13.9 Å². The molecule has 1 aromatic carbocycles. The maximum Gasteiger partial charge on any atom is 0.131 e. The summed E-state index contributed by atoms with van der Waals surface area (Å²) in [6.07, 6.45) is -1.96. The third-order valence-corrected chi connectivity index (χ3v) is 3.03. The minimum Gasteiger partial charge on any atom is -0.394 e. The molecule has 2 rings (SSSR count). The normalized spacial score (nSPS) is 28.6. The number of aliphatic hydroxyl groups is 2. The summed E-state index contributed by atoms with van der Waals surface area (Å²) >= 11 is 0. The van der Waals surface area contributed by atoms with Crippen LogP contribution in [0, 0.1) is 18.6 Å². The molecule has 0 unspecified atom stereocenters. The van der Waals surface area contributed by atoms with Crippen LogP contribution in [0.3, 0.4) is 0 Å². The van der Waals surface area contributed by atoms with E-state index in [1.54, 1.807) is 0 Å². The number of rotatable bonds is 2. The van der Waals surface area contributed by atoms with E-state index in [2.05, 4.69) is 0 Å². The molecule has 1 aliphatic rings. The molecular formula is C12H14F2O3. The van der Waals surface area contributed by atoms with Crippen LogP contribution in [0.1, 0.15) is 23.7 Å². The summed E-state index contributed by atoms with van der Waals surface area (Å²) < 4.78 is 32.0. The lowest BCUT2D eigenvalue weighted by atomic mass is 10.0. The molecule has 94 valence electrons. The van der Waals surface area contributed by atoms with Gasteiger partial charge in [-0.1, -0.05) is 0 Å². The predicted molar refractivity (Wildman–Crippen MR) is 56.4 cm³/mol. The third-order valence-electron chi connectivity index (χ3n) is 3.03. The highest BCUT2D eigenvalue weighted by atomic mass is 19.1. The van der Waals surface area contributed by atoms with E-state index in [-0.39, 0.29) is 18.6 Å². The highest BCUT2D eigenvalue weighted by Crippen LogP contribution is 2.35. The van der Waals surface area contributed by atoms with Gasteiger partial charge in [-0.05, 0) is 18.6 Å². The SMILES string of the molecule is Cc1cc([C@@H]2C[C@H](O)[C@@H](CO)O2)c(F)cc1F. The van der Waals surface area contributed by atoms with Gasteiger partial charge >= 0.3 is 0 Å². The third kappa shape index (κ3) is 2.31. The van der Waals surface area contributed by atoms with Gasteiger partial charge < -0.3 is 14.9 Å². The smallest absolute Gasteiger partial charge is 0.131 e. The molecule has 1 saturated heterocycles. The van der Waals surface area contributed by atoms with E-state index >= 15 is 0 Å². The number of aliphatic hydroxyl groups excluding tert-OH is 2. The molecule has 0 spiro atoms. The Morgan fingerprint density at radius 3 is 2.65 bits per heavy atom. The first-order valence-electron chi connectivity index (χ1n) is 5.43. The van der Waals surface area contributed by atoms with Gasteiger partial charge in [0.15, 0.2) is 0 Å². The molecule has 0 aromatic heterocycles. The van der Waals surface area contributed by atoms with E-state index < -0.39 is 29.9 Å². The second-order valence-electron chi connectivity index (χ2n) is 4.27. The van der Waals surface area contributed by atoms with Gasteiger partial charge in [-0.2, -0.15) is 0 Å². The van der Waals surface area contributed by atoms with Crippen molar-refractivity contribution >= 4 is 0 Å². The zero-order chi connectivity index (χ0) is 12.6. The van der Waals surface area contributed by atoms with Crippen molar-refractivity contribution in [2.75, 3.05) is 6.61 Å². The summed E-state index contributed by atoms with van der Waals surface area (Å²) in [7, 11) is 0. The molecule has 1 aromatic rings. The fraction of sp³-hybridized carbons (Fsp3) is 0.500. The highest BCUT2D eigenvalue weighted by Gasteiger charge is 2.35. The van der Waals surface area contributed by atoms with Crippen molar-refractivity contribution < 1.29 is 23.7 Å². The second kappa shape index (κ2) is 4.68. The molecule has 0 amide bonds. The van der Waals surface area contributed by atoms with Crippen molar-refractivity contribution in [2.24, 2.45) is 0 Å². The number of hydrogen-bond acceptors (Lipinski definition) is 3. The lowest BCUT2D eigenvalue weighted by molar-refractivity contribution is -0.0233. The van der Waals surface area contributed by atoms with Crippen LogP contribution in [-0.4, -0.2) is 29.0 Å². The summed E-state index contributed by atoms with van der Waals surface area (Å²) in [5.74, 6) is -1.30. The Morgan fingerprint density at radius 1 is 1.35 bits per heavy atom. The van der Waals surface area contributed by atoms with Crippen LogP contribution in [0.2, 0.25) is 0 Å². The Hall–Kier alpha value is -1.04. The number of hydrogen-bond donors (Lipinski definition) is 2. The Balaban J connectivity index is 2.27. The zero-order valence-electron chi connectivity index (χ0n) is 9.36. The van der Waals surface area contributed by atoms with Gasteiger partial charge in [-0.25, -0.2) is 8.78 Å². The van der Waals surface area contributed by atoms with E-state index in [1.165, 1.54) is 13.0 Å². The average Bonchev–Trinajstić information content (AvgIpc) is 2.65. The largest absolute Gasteiger partial charge is 0.394 e. The minimum absolute atomic E-state index is 0.202. The van der Waals surface area contributed by atoms with Crippen LogP contribution < -0.4 is 0 Å². The fourth-order valence-electron chi connectivity index (χ4n) is 2.02. The van der Waals surface area contributed by atoms with Gasteiger partial charge in [0.05, 0.1) is 18.8 Å². The van der Waals surface area contributed by atoms with E-state index in [4.69, 9.17) is 9.84 Å². The van der Waals surface area contributed by atoms with E-state index in [0.717, 1.165) is 6.07 Å². The summed E-state index contributed by atoms with van der Waals surface area (Å²) in [6.45, 7) is 1.21. The summed E-state index contributed by atoms with van der Waals surface area (Å²) in [5.41, 5.74) is 0.547. The van der Waals surface area contributed by atoms with Crippen molar-refractivity contribution in [1.29, 1.82) is 0 Å². The molecule has 17 heavy (non-hydrogen) atoms. The van der Waals surface area contributed by atoms with Crippen LogP contribution in [0.4, 0.5) is 8.78 Å². The molecule has 1 fully saturated rings. The van der Waals surface area contributed by atoms with Gasteiger partial charge in [0.1, 0.15) is 17.7 Å². The topological polar surface area (TPSA) is 49.7 Å². The minimum atomic E-state index is -0.824. The van der Waals surface area contributed by atoms with Crippen LogP contribution in [0.25, 0.3) is 0 Å². The molecule has 0 aliphatic carbocycles. The standard InChI is InChI=1S/C12H14F2O3/c1-6-2-7(9(14)3-8(6)13)11-4-10(16)12(5-15)17-11/h2-3,10-12,15-16H,4-5H2,1H3/t10-,11-,12+/m0/s1. The van der Waals surface area contributed by atoms with Gasteiger partial charge in [-0.15, -0.1) is 0 Å². The van der Waals surface area contributed by atoms with Crippen LogP contribution in [0.5, 0.6) is 0 Å². The van der Waals surface area contributed by atoms with Gasteiger partial charge in [0.2, 0.25) is 0 Å². The second-order valence-corrected chi connectivity index (χ2v) is 4.27. The van der Waals surface area contributed by atoms with Crippen LogP contribution in [0.15, 0.2) is 12.1 Å². The fourth-order valence-corrected chi connectivity index (χ4v) is 2.02. The van der Waals surface area contributed by atoms with Gasteiger partial charge in [-0.3, -0.25) is 0 Å². The Morgan fingerprint density at radius 2 is 2.06 bits per heavy atom. The Bertz CT molecular complexity index is 422. The number of benzene rings is 1. The molecule has 2 N–H and O–H groups in total. The highest BCUT2D eigenvalue weighted by molar-refractivity contribution is 5.28. The van der Waals surface area contributed by atoms with Crippen molar-refractivity contribution in [3.8, 4) is 0 Å². The van der Waals surface area contributed by atoms with Gasteiger partial charge in [0, 0.05) is 18.1 Å². The molecule has 3 atom stereocenters. The zero-order valence-corrected chi connectivity index (χ0v) is 9.36. The molecule has 0 bridgehead atoms. The summed E-state index contributed by atoms with van der Waals surface area (Å²) in [5, 5.41) is 18.5. The maximum absolute atomic E-state index is 13.6. The molecule has 1 heterocycles. The summed E-state index contributed by atoms with van der Waals surface area (Å²) in [6, 6.07) is 2.19. The molecule has 5 heteroatoms. The lowest BCUT2D eigenvalue weighted by Crippen LogP contribution is -2.24.